The van der Waals surface area contributed by atoms with Crippen LogP contribution in [-0.2, 0) is 11.2 Å². The van der Waals surface area contributed by atoms with Gasteiger partial charge in [-0.1, -0.05) is 6.07 Å². The molecule has 0 aliphatic carbocycles. The van der Waals surface area contributed by atoms with Crippen LogP contribution in [-0.4, -0.2) is 50.2 Å². The molecule has 5 nitrogen and oxygen atoms in total. The van der Waals surface area contributed by atoms with E-state index in [-0.39, 0.29) is 18.3 Å². The number of amides is 1. The van der Waals surface area contributed by atoms with Gasteiger partial charge in [0.15, 0.2) is 11.5 Å². The predicted molar refractivity (Wildman–Crippen MR) is 91.6 cm³/mol. The van der Waals surface area contributed by atoms with Crippen LogP contribution in [0.25, 0.3) is 0 Å². The highest BCUT2D eigenvalue weighted by Gasteiger charge is 2.31. The first-order valence-corrected chi connectivity index (χ1v) is 7.94. The van der Waals surface area contributed by atoms with Crippen LogP contribution < -0.4 is 14.8 Å². The van der Waals surface area contributed by atoms with Gasteiger partial charge in [-0.05, 0) is 37.0 Å². The molecular weight excluding hydrogens is 316 g/mol. The zero-order valence-electron chi connectivity index (χ0n) is 13.7. The number of rotatable bonds is 4. The molecule has 2 unspecified atom stereocenters. The maximum atomic E-state index is 12.6. The first-order chi connectivity index (χ1) is 10.7. The smallest absolute Gasteiger partial charge is 0.227 e. The third kappa shape index (κ3) is 4.09. The quantitative estimate of drug-likeness (QED) is 0.911. The van der Waals surface area contributed by atoms with Gasteiger partial charge in [-0.15, -0.1) is 12.4 Å². The SMILES string of the molecule is COc1ccc(CC(=O)N2CCC3CCC(C2)N3)cc1OC.Cl. The molecule has 1 N–H and O–H groups in total. The average Bonchev–Trinajstić information content (AvgIpc) is 2.86. The van der Waals surface area contributed by atoms with Gasteiger partial charge in [-0.2, -0.15) is 0 Å². The van der Waals surface area contributed by atoms with Gasteiger partial charge < -0.3 is 19.7 Å². The Morgan fingerprint density at radius 1 is 1.17 bits per heavy atom. The molecule has 2 aliphatic rings. The summed E-state index contributed by atoms with van der Waals surface area (Å²) in [6, 6.07) is 6.75. The fraction of sp³-hybridized carbons (Fsp3) is 0.588. The van der Waals surface area contributed by atoms with Crippen molar-refractivity contribution in [2.45, 2.75) is 37.8 Å². The molecule has 23 heavy (non-hydrogen) atoms. The van der Waals surface area contributed by atoms with E-state index < -0.39 is 0 Å². The summed E-state index contributed by atoms with van der Waals surface area (Å²) in [5.41, 5.74) is 0.963. The summed E-state index contributed by atoms with van der Waals surface area (Å²) in [5, 5.41) is 3.60. The number of ether oxygens (including phenoxy) is 2. The largest absolute Gasteiger partial charge is 0.493 e. The van der Waals surface area contributed by atoms with E-state index >= 15 is 0 Å². The third-order valence-corrected chi connectivity index (χ3v) is 4.68. The monoisotopic (exact) mass is 340 g/mol. The third-order valence-electron chi connectivity index (χ3n) is 4.68. The summed E-state index contributed by atoms with van der Waals surface area (Å²) in [6.07, 6.45) is 3.92. The lowest BCUT2D eigenvalue weighted by Gasteiger charge is -2.24. The zero-order valence-corrected chi connectivity index (χ0v) is 14.5. The number of nitrogens with zero attached hydrogens (tertiary/aromatic N) is 1. The molecule has 0 radical (unpaired) electrons. The number of benzene rings is 1. The molecule has 128 valence electrons. The standard InChI is InChI=1S/C17H24N2O3.ClH/c1-21-15-6-3-12(9-16(15)22-2)10-17(20)19-8-7-13-4-5-14(11-19)18-13;/h3,6,9,13-14,18H,4-5,7-8,10-11H2,1-2H3;1H. The minimum atomic E-state index is 0. The van der Waals surface area contributed by atoms with Gasteiger partial charge >= 0.3 is 0 Å². The number of carbonyl (C=O) groups excluding carboxylic acids is 1. The van der Waals surface area contributed by atoms with E-state index in [1.165, 1.54) is 12.8 Å². The molecule has 2 bridgehead atoms. The molecule has 0 aromatic heterocycles. The van der Waals surface area contributed by atoms with Gasteiger partial charge in [0.05, 0.1) is 20.6 Å². The van der Waals surface area contributed by atoms with Crippen LogP contribution in [0.3, 0.4) is 0 Å². The van der Waals surface area contributed by atoms with Gasteiger partial charge in [0, 0.05) is 25.2 Å². The fourth-order valence-corrected chi connectivity index (χ4v) is 3.45. The second kappa shape index (κ2) is 7.88. The van der Waals surface area contributed by atoms with Crippen molar-refractivity contribution in [1.82, 2.24) is 10.2 Å². The Bertz CT molecular complexity index is 553. The summed E-state index contributed by atoms with van der Waals surface area (Å²) in [4.78, 5) is 14.6. The lowest BCUT2D eigenvalue weighted by atomic mass is 10.1. The maximum absolute atomic E-state index is 12.6. The molecule has 2 aliphatic heterocycles. The van der Waals surface area contributed by atoms with E-state index in [1.807, 2.05) is 23.1 Å². The highest BCUT2D eigenvalue weighted by molar-refractivity contribution is 5.85. The lowest BCUT2D eigenvalue weighted by Crippen LogP contribution is -2.39. The maximum Gasteiger partial charge on any atom is 0.227 e. The Morgan fingerprint density at radius 2 is 1.91 bits per heavy atom. The average molecular weight is 341 g/mol. The zero-order chi connectivity index (χ0) is 15.5. The number of hydrogen-bond donors (Lipinski definition) is 1. The Hall–Kier alpha value is -1.46. The topological polar surface area (TPSA) is 50.8 Å². The molecule has 2 fully saturated rings. The second-order valence-electron chi connectivity index (χ2n) is 6.13. The van der Waals surface area contributed by atoms with Crippen LogP contribution in [0.1, 0.15) is 24.8 Å². The molecule has 0 saturated carbocycles. The molecular formula is C17H25ClN2O3. The first kappa shape index (κ1) is 17.9. The van der Waals surface area contributed by atoms with Gasteiger partial charge in [-0.25, -0.2) is 0 Å². The van der Waals surface area contributed by atoms with Crippen molar-refractivity contribution in [1.29, 1.82) is 0 Å². The Balaban J connectivity index is 0.00000192. The van der Waals surface area contributed by atoms with Crippen molar-refractivity contribution in [2.75, 3.05) is 27.3 Å². The number of carbonyl (C=O) groups is 1. The molecule has 2 atom stereocenters. The molecule has 3 rings (SSSR count). The number of likely N-dealkylation sites (tertiary alicyclic amines) is 1. The molecule has 1 amide bonds. The van der Waals surface area contributed by atoms with Gasteiger partial charge in [0.2, 0.25) is 5.91 Å². The van der Waals surface area contributed by atoms with Crippen LogP contribution in [0.15, 0.2) is 18.2 Å². The van der Waals surface area contributed by atoms with Crippen molar-refractivity contribution in [2.24, 2.45) is 0 Å². The van der Waals surface area contributed by atoms with E-state index in [0.717, 1.165) is 25.1 Å². The first-order valence-electron chi connectivity index (χ1n) is 7.94. The number of hydrogen-bond acceptors (Lipinski definition) is 4. The minimum Gasteiger partial charge on any atom is -0.493 e. The summed E-state index contributed by atoms with van der Waals surface area (Å²) >= 11 is 0. The van der Waals surface area contributed by atoms with Gasteiger partial charge in [0.1, 0.15) is 0 Å². The fourth-order valence-electron chi connectivity index (χ4n) is 3.45. The number of methoxy groups -OCH3 is 2. The van der Waals surface area contributed by atoms with E-state index in [0.29, 0.717) is 30.0 Å². The Labute approximate surface area is 143 Å². The van der Waals surface area contributed by atoms with Crippen molar-refractivity contribution >= 4 is 18.3 Å². The van der Waals surface area contributed by atoms with E-state index in [1.54, 1.807) is 14.2 Å². The minimum absolute atomic E-state index is 0. The van der Waals surface area contributed by atoms with Gasteiger partial charge in [-0.3, -0.25) is 4.79 Å². The predicted octanol–water partition coefficient (Wildman–Crippen LogP) is 2.02. The Morgan fingerprint density at radius 3 is 2.65 bits per heavy atom. The van der Waals surface area contributed by atoms with Crippen LogP contribution in [0.4, 0.5) is 0 Å². The van der Waals surface area contributed by atoms with E-state index in [4.69, 9.17) is 9.47 Å². The highest BCUT2D eigenvalue weighted by Crippen LogP contribution is 2.28. The van der Waals surface area contributed by atoms with E-state index in [2.05, 4.69) is 5.32 Å². The normalized spacial score (nSPS) is 23.0. The lowest BCUT2D eigenvalue weighted by molar-refractivity contribution is -0.130. The van der Waals surface area contributed by atoms with Crippen LogP contribution >= 0.6 is 12.4 Å². The molecule has 2 heterocycles. The number of halogens is 1. The van der Waals surface area contributed by atoms with Crippen molar-refractivity contribution in [3.63, 3.8) is 0 Å². The molecule has 1 aromatic rings. The molecule has 6 heteroatoms. The molecule has 1 aromatic carbocycles. The van der Waals surface area contributed by atoms with Crippen LogP contribution in [0.2, 0.25) is 0 Å². The number of fused-ring (bicyclic) bond motifs is 2. The summed E-state index contributed by atoms with van der Waals surface area (Å²) in [5.74, 6) is 1.56. The Kier molecular flexibility index (Phi) is 6.13. The van der Waals surface area contributed by atoms with Crippen LogP contribution in [0.5, 0.6) is 11.5 Å². The molecule has 2 saturated heterocycles. The highest BCUT2D eigenvalue weighted by atomic mass is 35.5. The van der Waals surface area contributed by atoms with E-state index in [9.17, 15) is 4.79 Å². The summed E-state index contributed by atoms with van der Waals surface area (Å²) in [6.45, 7) is 1.70. The van der Waals surface area contributed by atoms with Crippen LogP contribution in [0, 0.1) is 0 Å². The number of nitrogens with one attached hydrogen (secondary N) is 1. The summed E-state index contributed by atoms with van der Waals surface area (Å²) < 4.78 is 10.5. The van der Waals surface area contributed by atoms with Crippen molar-refractivity contribution in [3.8, 4) is 11.5 Å². The van der Waals surface area contributed by atoms with Crippen molar-refractivity contribution < 1.29 is 14.3 Å². The van der Waals surface area contributed by atoms with Gasteiger partial charge in [0.25, 0.3) is 0 Å². The molecule has 0 spiro atoms. The second-order valence-corrected chi connectivity index (χ2v) is 6.13. The van der Waals surface area contributed by atoms with Crippen molar-refractivity contribution in [3.05, 3.63) is 23.8 Å². The summed E-state index contributed by atoms with van der Waals surface area (Å²) in [7, 11) is 3.22.